The lowest BCUT2D eigenvalue weighted by Gasteiger charge is -2.08. The molecule has 0 amide bonds. The second-order valence-electron chi connectivity index (χ2n) is 3.74. The van der Waals surface area contributed by atoms with Gasteiger partial charge in [-0.15, -0.1) is 0 Å². The molecule has 2 aromatic carbocycles. The van der Waals surface area contributed by atoms with Crippen molar-refractivity contribution >= 4 is 15.9 Å². The SMILES string of the molecule is Oc1cc(CBr)cc(OCc2ccccc2)c1. The van der Waals surface area contributed by atoms with E-state index in [-0.39, 0.29) is 5.75 Å². The van der Waals surface area contributed by atoms with E-state index in [1.807, 2.05) is 36.4 Å². The van der Waals surface area contributed by atoms with Crippen LogP contribution in [0.4, 0.5) is 0 Å². The average Bonchev–Trinajstić information content (AvgIpc) is 2.37. The first-order valence-corrected chi connectivity index (χ1v) is 6.45. The van der Waals surface area contributed by atoms with Crippen molar-refractivity contribution in [2.75, 3.05) is 0 Å². The molecule has 88 valence electrons. The summed E-state index contributed by atoms with van der Waals surface area (Å²) in [6.45, 7) is 0.506. The Bertz CT molecular complexity index is 483. The van der Waals surface area contributed by atoms with E-state index < -0.39 is 0 Å². The van der Waals surface area contributed by atoms with E-state index in [9.17, 15) is 5.11 Å². The van der Waals surface area contributed by atoms with Crippen molar-refractivity contribution < 1.29 is 9.84 Å². The maximum atomic E-state index is 9.52. The number of phenolic OH excluding ortho intramolecular Hbond substituents is 1. The van der Waals surface area contributed by atoms with Crippen molar-refractivity contribution in [2.24, 2.45) is 0 Å². The van der Waals surface area contributed by atoms with Crippen molar-refractivity contribution in [1.29, 1.82) is 0 Å². The number of phenols is 1. The molecule has 0 radical (unpaired) electrons. The Morgan fingerprint density at radius 2 is 1.76 bits per heavy atom. The van der Waals surface area contributed by atoms with Gasteiger partial charge in [0.25, 0.3) is 0 Å². The van der Waals surface area contributed by atoms with Gasteiger partial charge >= 0.3 is 0 Å². The molecule has 2 rings (SSSR count). The third-order valence-electron chi connectivity index (χ3n) is 2.35. The number of alkyl halides is 1. The fourth-order valence-electron chi connectivity index (χ4n) is 1.54. The van der Waals surface area contributed by atoms with Crippen LogP contribution in [-0.4, -0.2) is 5.11 Å². The van der Waals surface area contributed by atoms with E-state index in [1.165, 1.54) is 0 Å². The van der Waals surface area contributed by atoms with Gasteiger partial charge in [-0.25, -0.2) is 0 Å². The molecule has 2 nitrogen and oxygen atoms in total. The van der Waals surface area contributed by atoms with E-state index in [4.69, 9.17) is 4.74 Å². The fraction of sp³-hybridized carbons (Fsp3) is 0.143. The molecule has 0 spiro atoms. The molecule has 3 heteroatoms. The molecule has 0 aliphatic rings. The van der Waals surface area contributed by atoms with Crippen LogP contribution in [0.5, 0.6) is 11.5 Å². The molecule has 0 saturated heterocycles. The minimum absolute atomic E-state index is 0.227. The minimum Gasteiger partial charge on any atom is -0.508 e. The Labute approximate surface area is 109 Å². The maximum Gasteiger partial charge on any atom is 0.123 e. The second-order valence-corrected chi connectivity index (χ2v) is 4.30. The van der Waals surface area contributed by atoms with Gasteiger partial charge < -0.3 is 9.84 Å². The number of ether oxygens (including phenoxy) is 1. The van der Waals surface area contributed by atoms with Gasteiger partial charge in [0.05, 0.1) is 0 Å². The standard InChI is InChI=1S/C14H13BrO2/c15-9-12-6-13(16)8-14(7-12)17-10-11-4-2-1-3-5-11/h1-8,16H,9-10H2. The van der Waals surface area contributed by atoms with Crippen molar-refractivity contribution in [3.8, 4) is 11.5 Å². The van der Waals surface area contributed by atoms with E-state index >= 15 is 0 Å². The van der Waals surface area contributed by atoms with Gasteiger partial charge in [-0.1, -0.05) is 46.3 Å². The Morgan fingerprint density at radius 1 is 1.00 bits per heavy atom. The highest BCUT2D eigenvalue weighted by atomic mass is 79.9. The second kappa shape index (κ2) is 5.73. The van der Waals surface area contributed by atoms with Crippen molar-refractivity contribution in [3.05, 3.63) is 59.7 Å². The van der Waals surface area contributed by atoms with Crippen LogP contribution in [-0.2, 0) is 11.9 Å². The summed E-state index contributed by atoms with van der Waals surface area (Å²) in [7, 11) is 0. The van der Waals surface area contributed by atoms with Crippen molar-refractivity contribution in [3.63, 3.8) is 0 Å². The fourth-order valence-corrected chi connectivity index (χ4v) is 1.87. The summed E-state index contributed by atoms with van der Waals surface area (Å²) < 4.78 is 5.63. The third-order valence-corrected chi connectivity index (χ3v) is 3.00. The lowest BCUT2D eigenvalue weighted by Crippen LogP contribution is -1.95. The molecule has 17 heavy (non-hydrogen) atoms. The van der Waals surface area contributed by atoms with Crippen LogP contribution in [0.3, 0.4) is 0 Å². The van der Waals surface area contributed by atoms with Gasteiger partial charge in [-0.3, -0.25) is 0 Å². The Balaban J connectivity index is 2.06. The summed E-state index contributed by atoms with van der Waals surface area (Å²) >= 11 is 3.36. The zero-order chi connectivity index (χ0) is 12.1. The molecule has 0 unspecified atom stereocenters. The molecule has 0 fully saturated rings. The molecule has 0 atom stereocenters. The smallest absolute Gasteiger partial charge is 0.123 e. The highest BCUT2D eigenvalue weighted by Gasteiger charge is 2.01. The monoisotopic (exact) mass is 292 g/mol. The Kier molecular flexibility index (Phi) is 4.04. The summed E-state index contributed by atoms with van der Waals surface area (Å²) in [6, 6.07) is 15.2. The highest BCUT2D eigenvalue weighted by Crippen LogP contribution is 2.23. The molecule has 0 heterocycles. The Hall–Kier alpha value is -1.48. The average molecular weight is 293 g/mol. The topological polar surface area (TPSA) is 29.5 Å². The number of halogens is 1. The predicted molar refractivity (Wildman–Crippen MR) is 71.5 cm³/mol. The first-order valence-electron chi connectivity index (χ1n) is 5.33. The van der Waals surface area contributed by atoms with Crippen LogP contribution < -0.4 is 4.74 Å². The molecular formula is C14H13BrO2. The molecule has 0 aromatic heterocycles. The van der Waals surface area contributed by atoms with Gasteiger partial charge in [0.15, 0.2) is 0 Å². The van der Waals surface area contributed by atoms with E-state index in [2.05, 4.69) is 15.9 Å². The van der Waals surface area contributed by atoms with Crippen LogP contribution in [0.1, 0.15) is 11.1 Å². The number of hydrogen-bond acceptors (Lipinski definition) is 2. The maximum absolute atomic E-state index is 9.52. The molecule has 2 aromatic rings. The molecule has 1 N–H and O–H groups in total. The molecule has 0 aliphatic heterocycles. The van der Waals surface area contributed by atoms with E-state index in [0.29, 0.717) is 17.7 Å². The molecule has 0 aliphatic carbocycles. The molecule has 0 saturated carbocycles. The van der Waals surface area contributed by atoms with Gasteiger partial charge in [0.1, 0.15) is 18.1 Å². The van der Waals surface area contributed by atoms with E-state index in [1.54, 1.807) is 12.1 Å². The van der Waals surface area contributed by atoms with Crippen molar-refractivity contribution in [1.82, 2.24) is 0 Å². The lowest BCUT2D eigenvalue weighted by molar-refractivity contribution is 0.304. The number of aromatic hydroxyl groups is 1. The van der Waals surface area contributed by atoms with Crippen molar-refractivity contribution in [2.45, 2.75) is 11.9 Å². The van der Waals surface area contributed by atoms with Gasteiger partial charge in [0.2, 0.25) is 0 Å². The van der Waals surface area contributed by atoms with Crippen LogP contribution in [0.15, 0.2) is 48.5 Å². The van der Waals surface area contributed by atoms with Gasteiger partial charge in [-0.2, -0.15) is 0 Å². The summed E-state index contributed by atoms with van der Waals surface area (Å²) in [4.78, 5) is 0. The molecule has 0 bridgehead atoms. The van der Waals surface area contributed by atoms with Crippen LogP contribution in [0.25, 0.3) is 0 Å². The molecular weight excluding hydrogens is 280 g/mol. The van der Waals surface area contributed by atoms with Crippen LogP contribution >= 0.6 is 15.9 Å². The van der Waals surface area contributed by atoms with Crippen LogP contribution in [0.2, 0.25) is 0 Å². The predicted octanol–water partition coefficient (Wildman–Crippen LogP) is 3.87. The van der Waals surface area contributed by atoms with E-state index in [0.717, 1.165) is 11.1 Å². The first-order chi connectivity index (χ1) is 8.28. The summed E-state index contributed by atoms with van der Waals surface area (Å²) in [5.41, 5.74) is 2.10. The quantitative estimate of drug-likeness (QED) is 0.867. The van der Waals surface area contributed by atoms with Gasteiger partial charge in [0, 0.05) is 11.4 Å². The summed E-state index contributed by atoms with van der Waals surface area (Å²) in [5, 5.41) is 10.2. The van der Waals surface area contributed by atoms with Crippen LogP contribution in [0, 0.1) is 0 Å². The Morgan fingerprint density at radius 3 is 2.47 bits per heavy atom. The zero-order valence-electron chi connectivity index (χ0n) is 9.27. The minimum atomic E-state index is 0.227. The normalized spacial score (nSPS) is 10.2. The third kappa shape index (κ3) is 3.49. The zero-order valence-corrected chi connectivity index (χ0v) is 10.9. The largest absolute Gasteiger partial charge is 0.508 e. The highest BCUT2D eigenvalue weighted by molar-refractivity contribution is 9.08. The number of benzene rings is 2. The lowest BCUT2D eigenvalue weighted by atomic mass is 10.2. The summed E-state index contributed by atoms with van der Waals surface area (Å²) in [6.07, 6.45) is 0. The van der Waals surface area contributed by atoms with Gasteiger partial charge in [-0.05, 0) is 23.3 Å². The number of hydrogen-bond donors (Lipinski definition) is 1. The number of rotatable bonds is 4. The first kappa shape index (κ1) is 12.0. The summed E-state index contributed by atoms with van der Waals surface area (Å²) in [5.74, 6) is 0.910.